The Hall–Kier alpha value is -1.39. The van der Waals surface area contributed by atoms with E-state index in [0.29, 0.717) is 6.54 Å². The topological polar surface area (TPSA) is 50.4 Å². The molecule has 4 heteroatoms. The molecular formula is C16H24N2O2. The summed E-state index contributed by atoms with van der Waals surface area (Å²) in [7, 11) is 0. The second kappa shape index (κ2) is 8.02. The molecule has 20 heavy (non-hydrogen) atoms. The van der Waals surface area contributed by atoms with Gasteiger partial charge in [0.05, 0.1) is 12.0 Å². The fourth-order valence-corrected chi connectivity index (χ4v) is 2.60. The van der Waals surface area contributed by atoms with Crippen LogP contribution in [0.1, 0.15) is 31.4 Å². The van der Waals surface area contributed by atoms with Gasteiger partial charge in [0.1, 0.15) is 0 Å². The molecule has 1 aromatic carbocycles. The summed E-state index contributed by atoms with van der Waals surface area (Å²) >= 11 is 0. The Balaban J connectivity index is 1.94. The van der Waals surface area contributed by atoms with Gasteiger partial charge in [-0.15, -0.1) is 0 Å². The number of nitrogens with one attached hydrogen (secondary N) is 2. The molecule has 1 saturated heterocycles. The normalized spacial score (nSPS) is 22.4. The standard InChI is InChI=1S/C16H24N2O2/c1-2-17-10-11-18-16(19)14-9-6-12-20-15(14)13-7-4-3-5-8-13/h3-5,7-8,14-15,17H,2,6,9-12H2,1H3,(H,18,19). The van der Waals surface area contributed by atoms with Crippen LogP contribution in [0.15, 0.2) is 30.3 Å². The van der Waals surface area contributed by atoms with Crippen molar-refractivity contribution in [2.75, 3.05) is 26.2 Å². The van der Waals surface area contributed by atoms with Gasteiger partial charge in [-0.05, 0) is 24.9 Å². The Morgan fingerprint density at radius 2 is 2.10 bits per heavy atom. The molecule has 1 fully saturated rings. The third kappa shape index (κ3) is 4.05. The van der Waals surface area contributed by atoms with Crippen molar-refractivity contribution in [2.24, 2.45) is 5.92 Å². The zero-order valence-corrected chi connectivity index (χ0v) is 12.1. The number of benzene rings is 1. The summed E-state index contributed by atoms with van der Waals surface area (Å²) in [5, 5.41) is 6.21. The van der Waals surface area contributed by atoms with E-state index in [1.807, 2.05) is 30.3 Å². The van der Waals surface area contributed by atoms with E-state index in [0.717, 1.165) is 38.1 Å². The lowest BCUT2D eigenvalue weighted by Crippen LogP contribution is -2.40. The van der Waals surface area contributed by atoms with Gasteiger partial charge >= 0.3 is 0 Å². The number of ether oxygens (including phenoxy) is 1. The fraction of sp³-hybridized carbons (Fsp3) is 0.562. The molecule has 2 N–H and O–H groups in total. The van der Waals surface area contributed by atoms with Crippen LogP contribution in [0.4, 0.5) is 0 Å². The average molecular weight is 276 g/mol. The van der Waals surface area contributed by atoms with Gasteiger partial charge < -0.3 is 15.4 Å². The molecule has 2 rings (SSSR count). The number of likely N-dealkylation sites (N-methyl/N-ethyl adjacent to an activating group) is 1. The summed E-state index contributed by atoms with van der Waals surface area (Å²) < 4.78 is 5.85. The number of rotatable bonds is 6. The van der Waals surface area contributed by atoms with E-state index in [2.05, 4.69) is 17.6 Å². The molecule has 4 nitrogen and oxygen atoms in total. The van der Waals surface area contributed by atoms with Gasteiger partial charge in [0.25, 0.3) is 0 Å². The third-order valence-electron chi connectivity index (χ3n) is 3.64. The Kier molecular flexibility index (Phi) is 6.02. The van der Waals surface area contributed by atoms with Gasteiger partial charge in [-0.25, -0.2) is 0 Å². The molecular weight excluding hydrogens is 252 g/mol. The monoisotopic (exact) mass is 276 g/mol. The molecule has 0 spiro atoms. The van der Waals surface area contributed by atoms with Crippen LogP contribution in [0, 0.1) is 5.92 Å². The zero-order valence-electron chi connectivity index (χ0n) is 12.1. The first kappa shape index (κ1) is 15.0. The maximum atomic E-state index is 12.3. The second-order valence-corrected chi connectivity index (χ2v) is 5.10. The van der Waals surface area contributed by atoms with Crippen molar-refractivity contribution in [3.05, 3.63) is 35.9 Å². The lowest BCUT2D eigenvalue weighted by molar-refractivity contribution is -0.134. The van der Waals surface area contributed by atoms with E-state index in [1.165, 1.54) is 0 Å². The molecule has 0 radical (unpaired) electrons. The Morgan fingerprint density at radius 3 is 2.85 bits per heavy atom. The molecule has 2 atom stereocenters. The predicted octanol–water partition coefficient (Wildman–Crippen LogP) is 1.88. The highest BCUT2D eigenvalue weighted by Crippen LogP contribution is 2.33. The van der Waals surface area contributed by atoms with Gasteiger partial charge in [0, 0.05) is 19.7 Å². The zero-order chi connectivity index (χ0) is 14.2. The SMILES string of the molecule is CCNCCNC(=O)C1CCCOC1c1ccccc1. The first-order chi connectivity index (χ1) is 9.83. The molecule has 1 aliphatic heterocycles. The van der Waals surface area contributed by atoms with Gasteiger partial charge in [-0.2, -0.15) is 0 Å². The van der Waals surface area contributed by atoms with Crippen LogP contribution in [-0.4, -0.2) is 32.1 Å². The molecule has 1 heterocycles. The molecule has 1 aromatic rings. The minimum absolute atomic E-state index is 0.0761. The summed E-state index contributed by atoms with van der Waals surface area (Å²) in [6.45, 7) is 5.20. The highest BCUT2D eigenvalue weighted by atomic mass is 16.5. The highest BCUT2D eigenvalue weighted by Gasteiger charge is 2.32. The van der Waals surface area contributed by atoms with E-state index in [9.17, 15) is 4.79 Å². The Bertz CT molecular complexity index is 408. The molecule has 0 saturated carbocycles. The summed E-state index contributed by atoms with van der Waals surface area (Å²) in [5.41, 5.74) is 1.10. The Morgan fingerprint density at radius 1 is 1.30 bits per heavy atom. The van der Waals surface area contributed by atoms with Crippen molar-refractivity contribution in [1.29, 1.82) is 0 Å². The lowest BCUT2D eigenvalue weighted by atomic mass is 9.89. The van der Waals surface area contributed by atoms with Crippen LogP contribution >= 0.6 is 0 Å². The van der Waals surface area contributed by atoms with E-state index >= 15 is 0 Å². The van der Waals surface area contributed by atoms with Crippen LogP contribution in [0.2, 0.25) is 0 Å². The molecule has 0 bridgehead atoms. The molecule has 0 aliphatic carbocycles. The number of carbonyl (C=O) groups excluding carboxylic acids is 1. The van der Waals surface area contributed by atoms with Crippen molar-refractivity contribution >= 4 is 5.91 Å². The molecule has 110 valence electrons. The number of hydrogen-bond donors (Lipinski definition) is 2. The van der Waals surface area contributed by atoms with Gasteiger partial charge in [-0.1, -0.05) is 37.3 Å². The third-order valence-corrected chi connectivity index (χ3v) is 3.64. The van der Waals surface area contributed by atoms with Crippen LogP contribution in [0.25, 0.3) is 0 Å². The highest BCUT2D eigenvalue weighted by molar-refractivity contribution is 5.79. The summed E-state index contributed by atoms with van der Waals surface area (Å²) in [6, 6.07) is 10.0. The van der Waals surface area contributed by atoms with E-state index in [4.69, 9.17) is 4.74 Å². The maximum Gasteiger partial charge on any atom is 0.226 e. The predicted molar refractivity (Wildman–Crippen MR) is 79.4 cm³/mol. The van der Waals surface area contributed by atoms with Crippen LogP contribution in [0.3, 0.4) is 0 Å². The number of hydrogen-bond acceptors (Lipinski definition) is 3. The quantitative estimate of drug-likeness (QED) is 0.780. The molecule has 2 unspecified atom stereocenters. The van der Waals surface area contributed by atoms with Crippen LogP contribution in [0.5, 0.6) is 0 Å². The van der Waals surface area contributed by atoms with E-state index < -0.39 is 0 Å². The van der Waals surface area contributed by atoms with Gasteiger partial charge in [0.2, 0.25) is 5.91 Å². The van der Waals surface area contributed by atoms with Crippen molar-refractivity contribution in [1.82, 2.24) is 10.6 Å². The lowest BCUT2D eigenvalue weighted by Gasteiger charge is -2.31. The second-order valence-electron chi connectivity index (χ2n) is 5.10. The van der Waals surface area contributed by atoms with E-state index in [-0.39, 0.29) is 17.9 Å². The first-order valence-electron chi connectivity index (χ1n) is 7.48. The molecule has 1 amide bonds. The van der Waals surface area contributed by atoms with Crippen molar-refractivity contribution < 1.29 is 9.53 Å². The minimum atomic E-state index is -0.107. The summed E-state index contributed by atoms with van der Waals surface area (Å²) in [4.78, 5) is 12.3. The van der Waals surface area contributed by atoms with E-state index in [1.54, 1.807) is 0 Å². The van der Waals surface area contributed by atoms with Gasteiger partial charge in [-0.3, -0.25) is 4.79 Å². The van der Waals surface area contributed by atoms with Crippen molar-refractivity contribution in [3.63, 3.8) is 0 Å². The number of amides is 1. The summed E-state index contributed by atoms with van der Waals surface area (Å²) in [6.07, 6.45) is 1.74. The number of carbonyl (C=O) groups is 1. The van der Waals surface area contributed by atoms with Gasteiger partial charge in [0.15, 0.2) is 0 Å². The van der Waals surface area contributed by atoms with Crippen molar-refractivity contribution in [3.8, 4) is 0 Å². The maximum absolute atomic E-state index is 12.3. The molecule has 1 aliphatic rings. The van der Waals surface area contributed by atoms with Crippen molar-refractivity contribution in [2.45, 2.75) is 25.9 Å². The molecule has 0 aromatic heterocycles. The average Bonchev–Trinajstić information content (AvgIpc) is 2.52. The minimum Gasteiger partial charge on any atom is -0.373 e. The van der Waals surface area contributed by atoms with Crippen LogP contribution < -0.4 is 10.6 Å². The summed E-state index contributed by atoms with van der Waals surface area (Å²) in [5.74, 6) is 0.0317. The van der Waals surface area contributed by atoms with Crippen LogP contribution in [-0.2, 0) is 9.53 Å². The smallest absolute Gasteiger partial charge is 0.226 e. The Labute approximate surface area is 120 Å². The largest absolute Gasteiger partial charge is 0.373 e. The first-order valence-corrected chi connectivity index (χ1v) is 7.48. The fourth-order valence-electron chi connectivity index (χ4n) is 2.60.